The van der Waals surface area contributed by atoms with Crippen molar-refractivity contribution in [1.82, 2.24) is 20.2 Å². The van der Waals surface area contributed by atoms with Crippen LogP contribution in [0.25, 0.3) is 17.5 Å². The summed E-state index contributed by atoms with van der Waals surface area (Å²) in [5.74, 6) is 1.79. The Morgan fingerprint density at radius 2 is 1.82 bits per heavy atom. The minimum Gasteiger partial charge on any atom is -0.368 e. The highest BCUT2D eigenvalue weighted by Gasteiger charge is 2.22. The predicted octanol–water partition coefficient (Wildman–Crippen LogP) is 3.58. The maximum atomic E-state index is 12.8. The number of halogens is 1. The Kier molecular flexibility index (Phi) is 8.90. The van der Waals surface area contributed by atoms with Gasteiger partial charge >= 0.3 is 0 Å². The van der Waals surface area contributed by atoms with Crippen molar-refractivity contribution in [1.29, 1.82) is 5.26 Å². The number of piperazine rings is 1. The van der Waals surface area contributed by atoms with Crippen LogP contribution in [-0.4, -0.2) is 66.0 Å². The average Bonchev–Trinajstić information content (AvgIpc) is 2.94. The van der Waals surface area contributed by atoms with Crippen molar-refractivity contribution in [3.05, 3.63) is 76.8 Å². The molecule has 1 saturated heterocycles. The van der Waals surface area contributed by atoms with E-state index in [0.29, 0.717) is 61.5 Å². The van der Waals surface area contributed by atoms with Crippen molar-refractivity contribution in [3.63, 3.8) is 0 Å². The van der Waals surface area contributed by atoms with Gasteiger partial charge in [0, 0.05) is 68.9 Å². The summed E-state index contributed by atoms with van der Waals surface area (Å²) in [7, 11) is 0. The van der Waals surface area contributed by atoms with Gasteiger partial charge in [-0.05, 0) is 48.0 Å². The Balaban J connectivity index is 1.44. The van der Waals surface area contributed by atoms with Gasteiger partial charge in [0.2, 0.25) is 11.8 Å². The van der Waals surface area contributed by atoms with Crippen molar-refractivity contribution in [3.8, 4) is 17.5 Å². The van der Waals surface area contributed by atoms with Gasteiger partial charge < -0.3 is 20.4 Å². The van der Waals surface area contributed by atoms with Gasteiger partial charge in [-0.15, -0.1) is 0 Å². The van der Waals surface area contributed by atoms with Crippen LogP contribution >= 0.6 is 11.6 Å². The summed E-state index contributed by atoms with van der Waals surface area (Å²) in [6.45, 7) is 4.80. The SMILES string of the molecule is CC(=O)NCCNc1cc(N2CCN(C(=O)C=Cc3cccc(C#N)c3)CC2)nc(-c2ccc(Cl)cc2)n1. The van der Waals surface area contributed by atoms with E-state index in [1.165, 1.54) is 6.92 Å². The van der Waals surface area contributed by atoms with Gasteiger partial charge in [-0.1, -0.05) is 23.7 Å². The van der Waals surface area contributed by atoms with E-state index in [2.05, 4.69) is 26.6 Å². The highest BCUT2D eigenvalue weighted by atomic mass is 35.5. The molecule has 0 bridgehead atoms. The number of hydrogen-bond donors (Lipinski definition) is 2. The molecule has 194 valence electrons. The molecule has 1 fully saturated rings. The molecule has 2 amide bonds. The zero-order valence-electron chi connectivity index (χ0n) is 21.0. The zero-order chi connectivity index (χ0) is 26.9. The first-order valence-corrected chi connectivity index (χ1v) is 12.6. The van der Waals surface area contributed by atoms with E-state index in [1.807, 2.05) is 24.3 Å². The molecule has 0 radical (unpaired) electrons. The van der Waals surface area contributed by atoms with E-state index in [-0.39, 0.29) is 11.8 Å². The minimum absolute atomic E-state index is 0.0723. The number of amides is 2. The molecule has 2 heterocycles. The van der Waals surface area contributed by atoms with Gasteiger partial charge in [-0.3, -0.25) is 9.59 Å². The van der Waals surface area contributed by atoms with Gasteiger partial charge in [-0.2, -0.15) is 5.26 Å². The van der Waals surface area contributed by atoms with E-state index in [1.54, 1.807) is 47.4 Å². The molecule has 4 rings (SSSR count). The number of anilines is 2. The molecule has 38 heavy (non-hydrogen) atoms. The number of nitrogens with one attached hydrogen (secondary N) is 2. The van der Waals surface area contributed by atoms with Crippen molar-refractivity contribution in [2.75, 3.05) is 49.5 Å². The first-order chi connectivity index (χ1) is 18.4. The van der Waals surface area contributed by atoms with Gasteiger partial charge in [0.05, 0.1) is 11.6 Å². The highest BCUT2D eigenvalue weighted by Crippen LogP contribution is 2.25. The zero-order valence-corrected chi connectivity index (χ0v) is 21.8. The van der Waals surface area contributed by atoms with Crippen LogP contribution < -0.4 is 15.5 Å². The van der Waals surface area contributed by atoms with Gasteiger partial charge in [0.1, 0.15) is 11.6 Å². The van der Waals surface area contributed by atoms with Gasteiger partial charge in [0.15, 0.2) is 5.82 Å². The molecule has 1 aliphatic heterocycles. The lowest BCUT2D eigenvalue weighted by Gasteiger charge is -2.35. The molecule has 9 nitrogen and oxygen atoms in total. The summed E-state index contributed by atoms with van der Waals surface area (Å²) < 4.78 is 0. The average molecular weight is 530 g/mol. The molecular weight excluding hydrogens is 502 g/mol. The lowest BCUT2D eigenvalue weighted by Crippen LogP contribution is -2.48. The second kappa shape index (κ2) is 12.7. The fourth-order valence-corrected chi connectivity index (χ4v) is 4.11. The molecule has 1 aromatic heterocycles. The highest BCUT2D eigenvalue weighted by molar-refractivity contribution is 6.30. The van der Waals surface area contributed by atoms with Crippen LogP contribution in [-0.2, 0) is 9.59 Å². The monoisotopic (exact) mass is 529 g/mol. The third-order valence-electron chi connectivity index (χ3n) is 5.97. The largest absolute Gasteiger partial charge is 0.368 e. The summed E-state index contributed by atoms with van der Waals surface area (Å²) in [6, 6.07) is 18.5. The molecule has 1 aliphatic rings. The fourth-order valence-electron chi connectivity index (χ4n) is 3.98. The normalized spacial score (nSPS) is 13.3. The van der Waals surface area contributed by atoms with Crippen LogP contribution in [0, 0.1) is 11.3 Å². The Labute approximate surface area is 226 Å². The van der Waals surface area contributed by atoms with Crippen LogP contribution in [0.2, 0.25) is 5.02 Å². The first-order valence-electron chi connectivity index (χ1n) is 12.3. The molecular formula is C28H28ClN7O2. The molecule has 10 heteroatoms. The van der Waals surface area contributed by atoms with Crippen molar-refractivity contribution < 1.29 is 9.59 Å². The van der Waals surface area contributed by atoms with Gasteiger partial charge in [-0.25, -0.2) is 9.97 Å². The van der Waals surface area contributed by atoms with E-state index in [9.17, 15) is 9.59 Å². The van der Waals surface area contributed by atoms with Crippen LogP contribution in [0.4, 0.5) is 11.6 Å². The second-order valence-corrected chi connectivity index (χ2v) is 9.17. The number of carbonyl (C=O) groups excluding carboxylic acids is 2. The maximum Gasteiger partial charge on any atom is 0.246 e. The maximum absolute atomic E-state index is 12.8. The summed E-state index contributed by atoms with van der Waals surface area (Å²) in [5, 5.41) is 15.7. The van der Waals surface area contributed by atoms with Crippen LogP contribution in [0.5, 0.6) is 0 Å². The Morgan fingerprint density at radius 1 is 1.05 bits per heavy atom. The van der Waals surface area contributed by atoms with Crippen molar-refractivity contribution in [2.45, 2.75) is 6.92 Å². The van der Waals surface area contributed by atoms with E-state index < -0.39 is 0 Å². The molecule has 0 atom stereocenters. The molecule has 0 unspecified atom stereocenters. The lowest BCUT2D eigenvalue weighted by atomic mass is 10.1. The predicted molar refractivity (Wildman–Crippen MR) is 149 cm³/mol. The third-order valence-corrected chi connectivity index (χ3v) is 6.22. The van der Waals surface area contributed by atoms with Crippen LogP contribution in [0.1, 0.15) is 18.1 Å². The van der Waals surface area contributed by atoms with Crippen molar-refractivity contribution >= 4 is 41.1 Å². The molecule has 2 aromatic carbocycles. The first kappa shape index (κ1) is 26.6. The number of hydrogen-bond acceptors (Lipinski definition) is 7. The number of benzene rings is 2. The Morgan fingerprint density at radius 3 is 2.53 bits per heavy atom. The fraction of sp³-hybridized carbons (Fsp3) is 0.250. The number of nitrogens with zero attached hydrogens (tertiary/aromatic N) is 5. The quantitative estimate of drug-likeness (QED) is 0.338. The van der Waals surface area contributed by atoms with E-state index >= 15 is 0 Å². The lowest BCUT2D eigenvalue weighted by molar-refractivity contribution is -0.126. The standard InChI is InChI=1S/C28H28ClN7O2/c1-20(37)31-11-12-32-25-18-26(34-28(33-25)23-6-8-24(29)9-7-23)35-13-15-36(16-14-35)27(38)10-5-21-3-2-4-22(17-21)19-30/h2-10,17-18H,11-16H2,1H3,(H,31,37)(H,32,33,34). The van der Waals surface area contributed by atoms with Crippen molar-refractivity contribution in [2.24, 2.45) is 0 Å². The number of aromatic nitrogens is 2. The van der Waals surface area contributed by atoms with E-state index in [4.69, 9.17) is 21.8 Å². The van der Waals surface area contributed by atoms with E-state index in [0.717, 1.165) is 16.9 Å². The topological polar surface area (TPSA) is 114 Å². The summed E-state index contributed by atoms with van der Waals surface area (Å²) in [5.41, 5.74) is 2.20. The number of rotatable bonds is 8. The number of nitriles is 1. The third kappa shape index (κ3) is 7.31. The molecule has 0 saturated carbocycles. The minimum atomic E-state index is -0.0880. The molecule has 3 aromatic rings. The molecule has 2 N–H and O–H groups in total. The Bertz CT molecular complexity index is 1360. The summed E-state index contributed by atoms with van der Waals surface area (Å²) in [4.78, 5) is 37.3. The summed E-state index contributed by atoms with van der Waals surface area (Å²) in [6.07, 6.45) is 3.28. The van der Waals surface area contributed by atoms with Crippen LogP contribution in [0.3, 0.4) is 0 Å². The van der Waals surface area contributed by atoms with Crippen LogP contribution in [0.15, 0.2) is 60.7 Å². The molecule has 0 aliphatic carbocycles. The number of carbonyl (C=O) groups is 2. The smallest absolute Gasteiger partial charge is 0.246 e. The Hall–Kier alpha value is -4.42. The summed E-state index contributed by atoms with van der Waals surface area (Å²) >= 11 is 6.06. The second-order valence-electron chi connectivity index (χ2n) is 8.73. The molecule has 0 spiro atoms. The van der Waals surface area contributed by atoms with Gasteiger partial charge in [0.25, 0.3) is 0 Å².